The third-order valence-electron chi connectivity index (χ3n) is 3.87. The molecule has 11 heteroatoms. The molecule has 0 aliphatic carbocycles. The number of nitrogens with one attached hydrogen (secondary N) is 1. The molecule has 0 saturated heterocycles. The van der Waals surface area contributed by atoms with Crippen molar-refractivity contribution in [1.82, 2.24) is 33.7 Å². The SMILES string of the molecule is Cn1nnc2c(C(=O)NCCn3sc4ccccc4c3=O)ncn2c1=O. The fourth-order valence-corrected chi connectivity index (χ4v) is 3.56. The molecule has 132 valence electrons. The third kappa shape index (κ3) is 2.58. The minimum absolute atomic E-state index is 0.0129. The van der Waals surface area contributed by atoms with Crippen molar-refractivity contribution >= 4 is 33.2 Å². The highest BCUT2D eigenvalue weighted by molar-refractivity contribution is 7.13. The number of aryl methyl sites for hydroxylation is 1. The van der Waals surface area contributed by atoms with Gasteiger partial charge in [0, 0.05) is 13.6 Å². The fourth-order valence-electron chi connectivity index (χ4n) is 2.56. The highest BCUT2D eigenvalue weighted by Crippen LogP contribution is 2.15. The predicted molar refractivity (Wildman–Crippen MR) is 94.4 cm³/mol. The average molecular weight is 371 g/mol. The van der Waals surface area contributed by atoms with Gasteiger partial charge in [-0.25, -0.2) is 14.2 Å². The summed E-state index contributed by atoms with van der Waals surface area (Å²) in [6, 6.07) is 7.35. The maximum absolute atomic E-state index is 12.3. The van der Waals surface area contributed by atoms with Gasteiger partial charge in [-0.3, -0.25) is 13.5 Å². The van der Waals surface area contributed by atoms with E-state index in [1.807, 2.05) is 18.2 Å². The van der Waals surface area contributed by atoms with E-state index >= 15 is 0 Å². The van der Waals surface area contributed by atoms with Gasteiger partial charge < -0.3 is 5.32 Å². The molecule has 0 fully saturated rings. The highest BCUT2D eigenvalue weighted by Gasteiger charge is 2.17. The number of carbonyl (C=O) groups excluding carboxylic acids is 1. The lowest BCUT2D eigenvalue weighted by Crippen LogP contribution is -2.30. The van der Waals surface area contributed by atoms with Crippen LogP contribution in [0.2, 0.25) is 0 Å². The van der Waals surface area contributed by atoms with Crippen LogP contribution in [0, 0.1) is 0 Å². The summed E-state index contributed by atoms with van der Waals surface area (Å²) in [7, 11) is 1.46. The van der Waals surface area contributed by atoms with Gasteiger partial charge in [0.05, 0.1) is 16.6 Å². The summed E-state index contributed by atoms with van der Waals surface area (Å²) >= 11 is 1.35. The Kier molecular flexibility index (Phi) is 3.84. The van der Waals surface area contributed by atoms with Crippen LogP contribution in [0.15, 0.2) is 40.2 Å². The van der Waals surface area contributed by atoms with Crippen molar-refractivity contribution in [2.45, 2.75) is 6.54 Å². The Morgan fingerprint density at radius 3 is 2.88 bits per heavy atom. The van der Waals surface area contributed by atoms with Crippen molar-refractivity contribution in [2.24, 2.45) is 7.05 Å². The van der Waals surface area contributed by atoms with Crippen LogP contribution in [0.3, 0.4) is 0 Å². The third-order valence-corrected chi connectivity index (χ3v) is 4.99. The first-order valence-electron chi connectivity index (χ1n) is 7.70. The second kappa shape index (κ2) is 6.19. The van der Waals surface area contributed by atoms with E-state index in [0.29, 0.717) is 11.9 Å². The largest absolute Gasteiger partial charge is 0.352 e. The van der Waals surface area contributed by atoms with Crippen molar-refractivity contribution in [3.63, 3.8) is 0 Å². The van der Waals surface area contributed by atoms with Gasteiger partial charge in [-0.15, -0.1) is 5.10 Å². The molecule has 1 N–H and O–H groups in total. The van der Waals surface area contributed by atoms with Gasteiger partial charge in [0.1, 0.15) is 6.33 Å². The topological polar surface area (TPSA) is 116 Å². The predicted octanol–water partition coefficient (Wildman–Crippen LogP) is -0.371. The van der Waals surface area contributed by atoms with E-state index in [1.165, 1.54) is 24.9 Å². The molecule has 4 rings (SSSR count). The van der Waals surface area contributed by atoms with Crippen molar-refractivity contribution < 1.29 is 4.79 Å². The summed E-state index contributed by atoms with van der Waals surface area (Å²) in [4.78, 5) is 40.4. The Bertz CT molecular complexity index is 1250. The zero-order valence-corrected chi connectivity index (χ0v) is 14.4. The Morgan fingerprint density at radius 2 is 2.08 bits per heavy atom. The molecule has 0 aliphatic heterocycles. The van der Waals surface area contributed by atoms with E-state index in [4.69, 9.17) is 0 Å². The molecule has 0 radical (unpaired) electrons. The molecular weight excluding hydrogens is 358 g/mol. The van der Waals surface area contributed by atoms with Gasteiger partial charge in [0.15, 0.2) is 11.3 Å². The molecule has 1 aromatic carbocycles. The van der Waals surface area contributed by atoms with Crippen molar-refractivity contribution in [3.8, 4) is 0 Å². The van der Waals surface area contributed by atoms with Crippen LogP contribution in [0.1, 0.15) is 10.5 Å². The zero-order chi connectivity index (χ0) is 18.3. The van der Waals surface area contributed by atoms with Crippen LogP contribution in [0.4, 0.5) is 0 Å². The van der Waals surface area contributed by atoms with Crippen LogP contribution in [-0.2, 0) is 13.6 Å². The van der Waals surface area contributed by atoms with Gasteiger partial charge in [-0.05, 0) is 12.1 Å². The molecule has 0 atom stereocenters. The quantitative estimate of drug-likeness (QED) is 0.523. The summed E-state index contributed by atoms with van der Waals surface area (Å²) in [6.07, 6.45) is 1.23. The smallest absolute Gasteiger partial charge is 0.349 e. The van der Waals surface area contributed by atoms with Crippen LogP contribution in [0.5, 0.6) is 0 Å². The zero-order valence-electron chi connectivity index (χ0n) is 13.6. The number of amides is 1. The number of nitrogens with zero attached hydrogens (tertiary/aromatic N) is 6. The van der Waals surface area contributed by atoms with E-state index in [0.717, 1.165) is 13.8 Å². The minimum Gasteiger partial charge on any atom is -0.349 e. The summed E-state index contributed by atoms with van der Waals surface area (Å²) in [6.45, 7) is 0.575. The number of imidazole rings is 1. The first kappa shape index (κ1) is 16.1. The van der Waals surface area contributed by atoms with E-state index < -0.39 is 11.6 Å². The van der Waals surface area contributed by atoms with E-state index in [2.05, 4.69) is 20.6 Å². The van der Waals surface area contributed by atoms with Crippen molar-refractivity contribution in [3.05, 3.63) is 57.1 Å². The summed E-state index contributed by atoms with van der Waals surface area (Å²) in [5.74, 6) is -0.482. The molecule has 0 spiro atoms. The van der Waals surface area contributed by atoms with Gasteiger partial charge in [0.25, 0.3) is 11.5 Å². The highest BCUT2D eigenvalue weighted by atomic mass is 32.1. The normalized spacial score (nSPS) is 11.3. The fraction of sp³-hybridized carbons (Fsp3) is 0.200. The number of benzene rings is 1. The minimum atomic E-state index is -0.482. The Morgan fingerprint density at radius 1 is 1.27 bits per heavy atom. The number of rotatable bonds is 4. The molecule has 1 amide bonds. The standard InChI is InChI=1S/C15H13N7O3S/c1-20-15(25)21-8-17-11(12(21)18-19-20)13(23)16-6-7-22-14(24)9-4-2-3-5-10(9)26-22/h2-5,8H,6-7H2,1H3,(H,16,23). The van der Waals surface area contributed by atoms with Crippen molar-refractivity contribution in [1.29, 1.82) is 0 Å². The van der Waals surface area contributed by atoms with E-state index in [1.54, 1.807) is 10.0 Å². The molecule has 0 aliphatic rings. The van der Waals surface area contributed by atoms with Gasteiger partial charge in [0.2, 0.25) is 0 Å². The Labute approximate surface area is 149 Å². The summed E-state index contributed by atoms with van der Waals surface area (Å²) in [5, 5.41) is 10.8. The van der Waals surface area contributed by atoms with Gasteiger partial charge in [-0.1, -0.05) is 28.9 Å². The molecule has 10 nitrogen and oxygen atoms in total. The lowest BCUT2D eigenvalue weighted by atomic mass is 10.3. The first-order chi connectivity index (χ1) is 12.6. The number of fused-ring (bicyclic) bond motifs is 2. The van der Waals surface area contributed by atoms with Crippen LogP contribution < -0.4 is 16.6 Å². The second-order valence-electron chi connectivity index (χ2n) is 5.53. The maximum Gasteiger partial charge on any atom is 0.352 e. The van der Waals surface area contributed by atoms with Gasteiger partial charge in [-0.2, -0.15) is 4.68 Å². The Hall–Kier alpha value is -3.34. The number of carbonyl (C=O) groups is 1. The van der Waals surface area contributed by atoms with Crippen molar-refractivity contribution in [2.75, 3.05) is 6.54 Å². The molecular formula is C15H13N7O3S. The molecule has 0 saturated carbocycles. The van der Waals surface area contributed by atoms with E-state index in [9.17, 15) is 14.4 Å². The maximum atomic E-state index is 12.3. The monoisotopic (exact) mass is 371 g/mol. The Balaban J connectivity index is 1.51. The average Bonchev–Trinajstić information content (AvgIpc) is 3.21. The second-order valence-corrected chi connectivity index (χ2v) is 6.60. The molecule has 4 aromatic rings. The molecule has 0 unspecified atom stereocenters. The van der Waals surface area contributed by atoms with Crippen LogP contribution >= 0.6 is 11.5 Å². The molecule has 3 aromatic heterocycles. The summed E-state index contributed by atoms with van der Waals surface area (Å²) in [5.41, 5.74) is -0.427. The van der Waals surface area contributed by atoms with Crippen LogP contribution in [0.25, 0.3) is 15.7 Å². The number of hydrogen-bond donors (Lipinski definition) is 1. The lowest BCUT2D eigenvalue weighted by molar-refractivity contribution is 0.0949. The van der Waals surface area contributed by atoms with Crippen LogP contribution in [-0.4, -0.2) is 40.8 Å². The first-order valence-corrected chi connectivity index (χ1v) is 8.47. The number of hydrogen-bond acceptors (Lipinski definition) is 7. The summed E-state index contributed by atoms with van der Waals surface area (Å²) < 4.78 is 4.68. The molecule has 0 bridgehead atoms. The molecule has 3 heterocycles. The van der Waals surface area contributed by atoms with Gasteiger partial charge >= 0.3 is 5.69 Å². The van der Waals surface area contributed by atoms with E-state index in [-0.39, 0.29) is 23.4 Å². The molecule has 26 heavy (non-hydrogen) atoms. The number of aromatic nitrogens is 6. The lowest BCUT2D eigenvalue weighted by Gasteiger charge is -2.03.